The molecule has 2 rings (SSSR count). The van der Waals surface area contributed by atoms with Crippen molar-refractivity contribution >= 4 is 5.69 Å². The third-order valence-corrected chi connectivity index (χ3v) is 2.40. The average molecular weight is 226 g/mol. The second kappa shape index (κ2) is 3.71. The fourth-order valence-corrected chi connectivity index (χ4v) is 1.39. The van der Waals surface area contributed by atoms with E-state index >= 15 is 0 Å². The Kier molecular flexibility index (Phi) is 2.50. The second-order valence-electron chi connectivity index (χ2n) is 3.79. The van der Waals surface area contributed by atoms with Gasteiger partial charge in [0.1, 0.15) is 6.07 Å². The lowest BCUT2D eigenvalue weighted by Crippen LogP contribution is -2.08. The van der Waals surface area contributed by atoms with Crippen LogP contribution in [0.3, 0.4) is 0 Å². The van der Waals surface area contributed by atoms with Gasteiger partial charge in [0.2, 0.25) is 0 Å². The van der Waals surface area contributed by atoms with E-state index in [4.69, 9.17) is 5.26 Å². The van der Waals surface area contributed by atoms with Crippen molar-refractivity contribution in [1.82, 2.24) is 0 Å². The molecule has 5 heteroatoms. The number of nitriles is 1. The van der Waals surface area contributed by atoms with E-state index in [-0.39, 0.29) is 5.56 Å². The number of benzene rings is 1. The first-order valence-electron chi connectivity index (χ1n) is 4.88. The summed E-state index contributed by atoms with van der Waals surface area (Å²) in [6.07, 6.45) is -2.39. The molecule has 1 aromatic carbocycles. The average Bonchev–Trinajstić information content (AvgIpc) is 3.00. The third-order valence-electron chi connectivity index (χ3n) is 2.40. The highest BCUT2D eigenvalue weighted by Crippen LogP contribution is 2.33. The Bertz CT molecular complexity index is 442. The summed E-state index contributed by atoms with van der Waals surface area (Å²) < 4.78 is 37.1. The Morgan fingerprint density at radius 2 is 2.00 bits per heavy atom. The number of hydrogen-bond donors (Lipinski definition) is 1. The predicted molar refractivity (Wildman–Crippen MR) is 52.8 cm³/mol. The molecule has 0 bridgehead atoms. The molecule has 1 N–H and O–H groups in total. The van der Waals surface area contributed by atoms with Gasteiger partial charge in [0.15, 0.2) is 0 Å². The molecule has 0 aliphatic heterocycles. The molecule has 0 heterocycles. The van der Waals surface area contributed by atoms with Gasteiger partial charge in [-0.3, -0.25) is 0 Å². The van der Waals surface area contributed by atoms with Gasteiger partial charge in [-0.2, -0.15) is 18.4 Å². The summed E-state index contributed by atoms with van der Waals surface area (Å²) in [5.74, 6) is 0. The van der Waals surface area contributed by atoms with Gasteiger partial charge < -0.3 is 5.32 Å². The van der Waals surface area contributed by atoms with Crippen LogP contribution >= 0.6 is 0 Å². The molecule has 0 radical (unpaired) electrons. The summed E-state index contributed by atoms with van der Waals surface area (Å²) in [7, 11) is 0. The smallest absolute Gasteiger partial charge is 0.381 e. The molecule has 2 nitrogen and oxygen atoms in total. The zero-order chi connectivity index (χ0) is 11.8. The van der Waals surface area contributed by atoms with E-state index in [1.165, 1.54) is 6.07 Å². The first-order chi connectivity index (χ1) is 7.50. The highest BCUT2D eigenvalue weighted by molar-refractivity contribution is 5.59. The maximum Gasteiger partial charge on any atom is 0.416 e. The van der Waals surface area contributed by atoms with Crippen LogP contribution < -0.4 is 5.32 Å². The van der Waals surface area contributed by atoms with Crippen molar-refractivity contribution in [2.24, 2.45) is 0 Å². The lowest BCUT2D eigenvalue weighted by Gasteiger charge is -2.10. The molecular formula is C11H9F3N2. The summed E-state index contributed by atoms with van der Waals surface area (Å²) in [5.41, 5.74) is -0.259. The van der Waals surface area contributed by atoms with Crippen molar-refractivity contribution in [3.05, 3.63) is 29.3 Å². The standard InChI is InChI=1S/C11H9F3N2/c12-11(13,14)8-1-4-10(7(5-8)6-15)16-9-2-3-9/h1,4-5,9,16H,2-3H2. The molecule has 0 spiro atoms. The normalized spacial score (nSPS) is 15.6. The number of rotatable bonds is 2. The third kappa shape index (κ3) is 2.27. The van der Waals surface area contributed by atoms with E-state index < -0.39 is 11.7 Å². The Hall–Kier alpha value is -1.70. The van der Waals surface area contributed by atoms with Crippen molar-refractivity contribution in [2.75, 3.05) is 5.32 Å². The van der Waals surface area contributed by atoms with Crippen LogP contribution in [0.4, 0.5) is 18.9 Å². The molecule has 1 aliphatic rings. The molecule has 0 amide bonds. The van der Waals surface area contributed by atoms with Crippen molar-refractivity contribution < 1.29 is 13.2 Å². The highest BCUT2D eigenvalue weighted by Gasteiger charge is 2.31. The van der Waals surface area contributed by atoms with Crippen LogP contribution in [0.2, 0.25) is 0 Å². The molecular weight excluding hydrogens is 217 g/mol. The van der Waals surface area contributed by atoms with E-state index in [9.17, 15) is 13.2 Å². The molecule has 84 valence electrons. The fourth-order valence-electron chi connectivity index (χ4n) is 1.39. The molecule has 1 aliphatic carbocycles. The SMILES string of the molecule is N#Cc1cc(C(F)(F)F)ccc1NC1CC1. The lowest BCUT2D eigenvalue weighted by atomic mass is 10.1. The number of hydrogen-bond acceptors (Lipinski definition) is 2. The molecule has 0 unspecified atom stereocenters. The number of nitrogens with zero attached hydrogens (tertiary/aromatic N) is 1. The largest absolute Gasteiger partial charge is 0.416 e. The molecule has 0 saturated heterocycles. The van der Waals surface area contributed by atoms with Crippen molar-refractivity contribution in [3.8, 4) is 6.07 Å². The van der Waals surface area contributed by atoms with Crippen LogP contribution in [-0.4, -0.2) is 6.04 Å². The summed E-state index contributed by atoms with van der Waals surface area (Å²) in [5, 5.41) is 11.8. The highest BCUT2D eigenvalue weighted by atomic mass is 19.4. The summed E-state index contributed by atoms with van der Waals surface area (Å²) in [4.78, 5) is 0. The van der Waals surface area contributed by atoms with E-state index in [0.717, 1.165) is 25.0 Å². The van der Waals surface area contributed by atoms with Crippen LogP contribution in [-0.2, 0) is 6.18 Å². The number of alkyl halides is 3. The Labute approximate surface area is 90.7 Å². The number of nitrogens with one attached hydrogen (secondary N) is 1. The van der Waals surface area contributed by atoms with E-state index in [2.05, 4.69) is 5.32 Å². The quantitative estimate of drug-likeness (QED) is 0.840. The molecule has 1 fully saturated rings. The number of anilines is 1. The Morgan fingerprint density at radius 1 is 1.31 bits per heavy atom. The monoisotopic (exact) mass is 226 g/mol. The van der Waals surface area contributed by atoms with Gasteiger partial charge >= 0.3 is 6.18 Å². The minimum Gasteiger partial charge on any atom is -0.381 e. The van der Waals surface area contributed by atoms with Crippen LogP contribution in [0, 0.1) is 11.3 Å². The molecule has 16 heavy (non-hydrogen) atoms. The van der Waals surface area contributed by atoms with E-state index in [1.807, 2.05) is 0 Å². The van der Waals surface area contributed by atoms with Gasteiger partial charge in [0.25, 0.3) is 0 Å². The number of halogens is 3. The molecule has 1 aromatic rings. The van der Waals surface area contributed by atoms with Gasteiger partial charge in [-0.15, -0.1) is 0 Å². The van der Waals surface area contributed by atoms with Gasteiger partial charge in [-0.25, -0.2) is 0 Å². The molecule has 0 atom stereocenters. The van der Waals surface area contributed by atoms with Crippen molar-refractivity contribution in [1.29, 1.82) is 5.26 Å². The summed E-state index contributed by atoms with van der Waals surface area (Å²) in [6, 6.07) is 5.28. The molecule has 0 aromatic heterocycles. The van der Waals surface area contributed by atoms with Crippen LogP contribution in [0.5, 0.6) is 0 Å². The van der Waals surface area contributed by atoms with Crippen molar-refractivity contribution in [2.45, 2.75) is 25.1 Å². The lowest BCUT2D eigenvalue weighted by molar-refractivity contribution is -0.137. The van der Waals surface area contributed by atoms with Crippen molar-refractivity contribution in [3.63, 3.8) is 0 Å². The zero-order valence-electron chi connectivity index (χ0n) is 8.30. The van der Waals surface area contributed by atoms with E-state index in [0.29, 0.717) is 11.7 Å². The Balaban J connectivity index is 2.31. The van der Waals surface area contributed by atoms with Crippen LogP contribution in [0.15, 0.2) is 18.2 Å². The zero-order valence-corrected chi connectivity index (χ0v) is 8.30. The van der Waals surface area contributed by atoms with Crippen LogP contribution in [0.1, 0.15) is 24.0 Å². The topological polar surface area (TPSA) is 35.8 Å². The van der Waals surface area contributed by atoms with Gasteiger partial charge in [-0.1, -0.05) is 0 Å². The summed E-state index contributed by atoms with van der Waals surface area (Å²) in [6.45, 7) is 0. The van der Waals surface area contributed by atoms with Gasteiger partial charge in [-0.05, 0) is 31.0 Å². The van der Waals surface area contributed by atoms with Gasteiger partial charge in [0, 0.05) is 6.04 Å². The Morgan fingerprint density at radius 3 is 2.50 bits per heavy atom. The fraction of sp³-hybridized carbons (Fsp3) is 0.364. The van der Waals surface area contributed by atoms with Gasteiger partial charge in [0.05, 0.1) is 16.8 Å². The maximum absolute atomic E-state index is 12.4. The summed E-state index contributed by atoms with van der Waals surface area (Å²) >= 11 is 0. The first kappa shape index (κ1) is 10.8. The maximum atomic E-state index is 12.4. The van der Waals surface area contributed by atoms with Crippen LogP contribution in [0.25, 0.3) is 0 Å². The predicted octanol–water partition coefficient (Wildman–Crippen LogP) is 3.15. The minimum absolute atomic E-state index is 0.0433. The van der Waals surface area contributed by atoms with E-state index in [1.54, 1.807) is 6.07 Å². The minimum atomic E-state index is -4.40. The molecule has 1 saturated carbocycles. The first-order valence-corrected chi connectivity index (χ1v) is 4.88. The second-order valence-corrected chi connectivity index (χ2v) is 3.79.